The van der Waals surface area contributed by atoms with Crippen molar-refractivity contribution in [2.24, 2.45) is 0 Å². The van der Waals surface area contributed by atoms with Crippen molar-refractivity contribution in [3.8, 4) is 11.5 Å². The fraction of sp³-hybridized carbons (Fsp3) is 0.219. The number of carbonyl (C=O) groups is 1. The third-order valence-corrected chi connectivity index (χ3v) is 6.16. The van der Waals surface area contributed by atoms with Crippen LogP contribution >= 0.6 is 0 Å². The maximum Gasteiger partial charge on any atom is 0.260 e. The third-order valence-electron chi connectivity index (χ3n) is 6.16. The Hall–Kier alpha value is -4.05. The van der Waals surface area contributed by atoms with E-state index in [0.29, 0.717) is 25.4 Å². The minimum atomic E-state index is -0.0346. The number of carbonyl (C=O) groups excluding carboxylic acids is 1. The predicted molar refractivity (Wildman–Crippen MR) is 144 cm³/mol. The van der Waals surface area contributed by atoms with Gasteiger partial charge in [0.25, 0.3) is 5.91 Å². The van der Waals surface area contributed by atoms with Gasteiger partial charge in [0.15, 0.2) is 6.61 Å². The fourth-order valence-corrected chi connectivity index (χ4v) is 4.30. The molecular weight excluding hydrogens is 446 g/mol. The number of amides is 1. The molecule has 0 aliphatic carbocycles. The van der Waals surface area contributed by atoms with Crippen LogP contribution in [0.4, 0.5) is 0 Å². The van der Waals surface area contributed by atoms with Gasteiger partial charge in [-0.2, -0.15) is 0 Å². The number of ether oxygens (including phenoxy) is 2. The summed E-state index contributed by atoms with van der Waals surface area (Å²) in [6, 6.07) is 38.4. The summed E-state index contributed by atoms with van der Waals surface area (Å²) in [4.78, 5) is 15.3. The number of hydrogen-bond acceptors (Lipinski definition) is 3. The Labute approximate surface area is 214 Å². The van der Waals surface area contributed by atoms with E-state index in [1.807, 2.05) is 78.6 Å². The lowest BCUT2D eigenvalue weighted by Gasteiger charge is -2.26. The molecule has 4 aromatic carbocycles. The van der Waals surface area contributed by atoms with Gasteiger partial charge in [-0.15, -0.1) is 0 Å². The van der Waals surface area contributed by atoms with Crippen LogP contribution in [0.2, 0.25) is 0 Å². The van der Waals surface area contributed by atoms with Crippen LogP contribution in [0.1, 0.15) is 36.0 Å². The molecule has 0 saturated heterocycles. The Morgan fingerprint density at radius 2 is 1.22 bits per heavy atom. The first-order chi connectivity index (χ1) is 17.7. The van der Waals surface area contributed by atoms with Crippen molar-refractivity contribution in [3.05, 3.63) is 132 Å². The quantitative estimate of drug-likeness (QED) is 0.227. The summed E-state index contributed by atoms with van der Waals surface area (Å²) >= 11 is 0. The minimum absolute atomic E-state index is 0.00236. The van der Waals surface area contributed by atoms with Crippen LogP contribution in [0.3, 0.4) is 0 Å². The molecule has 0 aliphatic rings. The van der Waals surface area contributed by atoms with Gasteiger partial charge < -0.3 is 14.4 Å². The molecule has 0 spiro atoms. The summed E-state index contributed by atoms with van der Waals surface area (Å²) in [6.45, 7) is 3.72. The van der Waals surface area contributed by atoms with Gasteiger partial charge in [0, 0.05) is 19.0 Å². The summed E-state index contributed by atoms with van der Waals surface area (Å²) < 4.78 is 11.4. The Morgan fingerprint density at radius 3 is 1.78 bits per heavy atom. The molecular formula is C32H33NO3. The molecule has 0 unspecified atom stereocenters. The fourth-order valence-electron chi connectivity index (χ4n) is 4.30. The van der Waals surface area contributed by atoms with Crippen LogP contribution in [0.5, 0.6) is 11.5 Å². The van der Waals surface area contributed by atoms with Gasteiger partial charge >= 0.3 is 0 Å². The molecule has 0 aliphatic heterocycles. The molecule has 4 rings (SSSR count). The number of nitrogens with zero attached hydrogens (tertiary/aromatic N) is 1. The van der Waals surface area contributed by atoms with Crippen LogP contribution in [0, 0.1) is 0 Å². The molecule has 1 amide bonds. The average Bonchev–Trinajstić information content (AvgIpc) is 2.94. The van der Waals surface area contributed by atoms with Crippen molar-refractivity contribution in [2.75, 3.05) is 19.8 Å². The smallest absolute Gasteiger partial charge is 0.260 e. The maximum absolute atomic E-state index is 13.4. The van der Waals surface area contributed by atoms with E-state index in [9.17, 15) is 4.79 Å². The highest BCUT2D eigenvalue weighted by molar-refractivity contribution is 5.77. The second kappa shape index (κ2) is 13.1. The molecule has 0 fully saturated rings. The standard InChI is InChI=1S/C32H33NO3/c1-2-35-30-20-18-26(19-21-30)24-33(32(34)25-36-29-16-10-5-11-17-29)23-22-31(27-12-6-3-7-13-27)28-14-8-4-9-15-28/h3-21,31H,2,22-25H2,1H3. The van der Waals surface area contributed by atoms with Crippen molar-refractivity contribution in [1.82, 2.24) is 4.90 Å². The monoisotopic (exact) mass is 479 g/mol. The van der Waals surface area contributed by atoms with Gasteiger partial charge in [-0.3, -0.25) is 4.79 Å². The van der Waals surface area contributed by atoms with Crippen molar-refractivity contribution in [3.63, 3.8) is 0 Å². The molecule has 4 aromatic rings. The van der Waals surface area contributed by atoms with E-state index in [2.05, 4.69) is 48.5 Å². The highest BCUT2D eigenvalue weighted by Gasteiger charge is 2.20. The molecule has 0 radical (unpaired) electrons. The summed E-state index contributed by atoms with van der Waals surface area (Å²) in [5.74, 6) is 1.68. The van der Waals surface area contributed by atoms with E-state index in [-0.39, 0.29) is 18.4 Å². The molecule has 4 heteroatoms. The van der Waals surface area contributed by atoms with Gasteiger partial charge in [-0.05, 0) is 54.3 Å². The Bertz CT molecular complexity index is 1140. The van der Waals surface area contributed by atoms with E-state index in [4.69, 9.17) is 9.47 Å². The molecule has 4 nitrogen and oxygen atoms in total. The van der Waals surface area contributed by atoms with E-state index < -0.39 is 0 Å². The number of hydrogen-bond donors (Lipinski definition) is 0. The maximum atomic E-state index is 13.4. The van der Waals surface area contributed by atoms with Crippen LogP contribution in [-0.4, -0.2) is 30.6 Å². The molecule has 0 N–H and O–H groups in total. The highest BCUT2D eigenvalue weighted by Crippen LogP contribution is 2.28. The first-order valence-electron chi connectivity index (χ1n) is 12.5. The molecule has 0 bridgehead atoms. The first-order valence-corrected chi connectivity index (χ1v) is 12.5. The summed E-state index contributed by atoms with van der Waals surface area (Å²) in [5, 5.41) is 0. The molecule has 36 heavy (non-hydrogen) atoms. The lowest BCUT2D eigenvalue weighted by atomic mass is 9.88. The number of rotatable bonds is 12. The van der Waals surface area contributed by atoms with Crippen LogP contribution in [-0.2, 0) is 11.3 Å². The van der Waals surface area contributed by atoms with Crippen LogP contribution in [0.25, 0.3) is 0 Å². The van der Waals surface area contributed by atoms with Crippen molar-refractivity contribution in [2.45, 2.75) is 25.8 Å². The zero-order valence-corrected chi connectivity index (χ0v) is 20.8. The Morgan fingerprint density at radius 1 is 0.694 bits per heavy atom. The van der Waals surface area contributed by atoms with Gasteiger partial charge in [-0.25, -0.2) is 0 Å². The SMILES string of the molecule is CCOc1ccc(CN(CCC(c2ccccc2)c2ccccc2)C(=O)COc2ccccc2)cc1. The van der Waals surface area contributed by atoms with Crippen molar-refractivity contribution in [1.29, 1.82) is 0 Å². The summed E-state index contributed by atoms with van der Waals surface area (Å²) in [5.41, 5.74) is 3.55. The summed E-state index contributed by atoms with van der Waals surface area (Å²) in [6.07, 6.45) is 0.808. The Kier molecular flexibility index (Phi) is 9.15. The largest absolute Gasteiger partial charge is 0.494 e. The normalized spacial score (nSPS) is 10.7. The highest BCUT2D eigenvalue weighted by atomic mass is 16.5. The van der Waals surface area contributed by atoms with Crippen molar-refractivity contribution < 1.29 is 14.3 Å². The number of para-hydroxylation sites is 1. The molecule has 184 valence electrons. The van der Waals surface area contributed by atoms with Crippen LogP contribution in [0.15, 0.2) is 115 Å². The van der Waals surface area contributed by atoms with E-state index in [1.165, 1.54) is 11.1 Å². The predicted octanol–water partition coefficient (Wildman–Crippen LogP) is 6.72. The van der Waals surface area contributed by atoms with E-state index >= 15 is 0 Å². The van der Waals surface area contributed by atoms with Gasteiger partial charge in [0.1, 0.15) is 11.5 Å². The molecule has 0 saturated carbocycles. The zero-order valence-electron chi connectivity index (χ0n) is 20.8. The van der Waals surface area contributed by atoms with Gasteiger partial charge in [-0.1, -0.05) is 91.0 Å². The lowest BCUT2D eigenvalue weighted by molar-refractivity contribution is -0.134. The molecule has 0 heterocycles. The third kappa shape index (κ3) is 7.22. The zero-order chi connectivity index (χ0) is 25.0. The van der Waals surface area contributed by atoms with Crippen molar-refractivity contribution >= 4 is 5.91 Å². The van der Waals surface area contributed by atoms with Crippen LogP contribution < -0.4 is 9.47 Å². The summed E-state index contributed by atoms with van der Waals surface area (Å²) in [7, 11) is 0. The topological polar surface area (TPSA) is 38.8 Å². The lowest BCUT2D eigenvalue weighted by Crippen LogP contribution is -2.36. The average molecular weight is 480 g/mol. The first kappa shape index (κ1) is 25.1. The minimum Gasteiger partial charge on any atom is -0.494 e. The second-order valence-corrected chi connectivity index (χ2v) is 8.66. The number of benzene rings is 4. The Balaban J connectivity index is 1.51. The van der Waals surface area contributed by atoms with Gasteiger partial charge in [0.05, 0.1) is 6.61 Å². The second-order valence-electron chi connectivity index (χ2n) is 8.66. The molecule has 0 aromatic heterocycles. The van der Waals surface area contributed by atoms with E-state index in [1.54, 1.807) is 0 Å². The van der Waals surface area contributed by atoms with Gasteiger partial charge in [0.2, 0.25) is 0 Å². The van der Waals surface area contributed by atoms with E-state index in [0.717, 1.165) is 17.7 Å². The molecule has 0 atom stereocenters.